The van der Waals surface area contributed by atoms with E-state index in [0.717, 1.165) is 44.1 Å². The summed E-state index contributed by atoms with van der Waals surface area (Å²) >= 11 is 0. The van der Waals surface area contributed by atoms with Gasteiger partial charge in [0.15, 0.2) is 17.0 Å². The van der Waals surface area contributed by atoms with Crippen molar-refractivity contribution in [1.82, 2.24) is 24.4 Å². The number of rotatable bonds is 2. The first-order valence-electron chi connectivity index (χ1n) is 10.1. The lowest BCUT2D eigenvalue weighted by atomic mass is 10.1. The third-order valence-electron chi connectivity index (χ3n) is 5.95. The van der Waals surface area contributed by atoms with Gasteiger partial charge in [0.1, 0.15) is 5.82 Å². The van der Waals surface area contributed by atoms with Crippen LogP contribution >= 0.6 is 0 Å². The number of fused-ring (bicyclic) bond motifs is 2. The molecule has 1 amide bonds. The maximum absolute atomic E-state index is 13.7. The molecule has 6 nitrogen and oxygen atoms in total. The van der Waals surface area contributed by atoms with E-state index in [4.69, 9.17) is 0 Å². The average Bonchev–Trinajstić information content (AvgIpc) is 3.38. The van der Waals surface area contributed by atoms with Crippen molar-refractivity contribution in [2.24, 2.45) is 0 Å². The second-order valence-electron chi connectivity index (χ2n) is 7.91. The van der Waals surface area contributed by atoms with Gasteiger partial charge in [0.25, 0.3) is 5.91 Å². The fourth-order valence-electron chi connectivity index (χ4n) is 4.39. The summed E-state index contributed by atoms with van der Waals surface area (Å²) in [5, 5.41) is 3.96. The van der Waals surface area contributed by atoms with Gasteiger partial charge >= 0.3 is 6.18 Å². The van der Waals surface area contributed by atoms with E-state index in [1.165, 1.54) is 18.2 Å². The van der Waals surface area contributed by atoms with Crippen LogP contribution in [0.5, 0.6) is 0 Å². The van der Waals surface area contributed by atoms with Crippen LogP contribution in [-0.4, -0.2) is 62.5 Å². The second kappa shape index (κ2) is 7.30. The molecule has 0 N–H and O–H groups in total. The van der Waals surface area contributed by atoms with Crippen molar-refractivity contribution in [3.63, 3.8) is 0 Å². The summed E-state index contributed by atoms with van der Waals surface area (Å²) in [4.78, 5) is 21.2. The normalized spacial score (nSPS) is 19.7. The molecule has 2 aromatic heterocycles. The Labute approximate surface area is 175 Å². The van der Waals surface area contributed by atoms with Gasteiger partial charge < -0.3 is 4.90 Å². The minimum absolute atomic E-state index is 0.0262. The number of carbonyl (C=O) groups is 1. The van der Waals surface area contributed by atoms with Gasteiger partial charge in [0, 0.05) is 37.3 Å². The Kier molecular flexibility index (Phi) is 4.69. The Morgan fingerprint density at radius 3 is 2.58 bits per heavy atom. The average molecular weight is 433 g/mol. The lowest BCUT2D eigenvalue weighted by Crippen LogP contribution is -2.52. The molecule has 2 aliphatic heterocycles. The fraction of sp³-hybridized carbons (Fsp3) is 0.381. The zero-order chi connectivity index (χ0) is 21.8. The van der Waals surface area contributed by atoms with E-state index in [-0.39, 0.29) is 17.0 Å². The molecule has 4 heterocycles. The number of halogens is 4. The van der Waals surface area contributed by atoms with Crippen LogP contribution in [0, 0.1) is 5.82 Å². The highest BCUT2D eigenvalue weighted by molar-refractivity contribution is 5.93. The first-order valence-corrected chi connectivity index (χ1v) is 10.1. The number of carbonyl (C=O) groups excluding carboxylic acids is 1. The van der Waals surface area contributed by atoms with Crippen LogP contribution in [0.3, 0.4) is 0 Å². The highest BCUT2D eigenvalue weighted by Gasteiger charge is 2.37. The molecule has 0 aliphatic carbocycles. The van der Waals surface area contributed by atoms with Crippen LogP contribution < -0.4 is 0 Å². The van der Waals surface area contributed by atoms with Gasteiger partial charge in [-0.2, -0.15) is 18.3 Å². The van der Waals surface area contributed by atoms with E-state index in [0.29, 0.717) is 29.2 Å². The third-order valence-corrected chi connectivity index (χ3v) is 5.95. The SMILES string of the molecule is O=C(c1cc2nc(-c3ccc(F)cc3)cc(C(F)(F)F)n2n1)N1CCN2CCC[C@H]2C1. The predicted octanol–water partition coefficient (Wildman–Crippen LogP) is 3.47. The summed E-state index contributed by atoms with van der Waals surface area (Å²) in [5.41, 5.74) is -0.840. The third kappa shape index (κ3) is 3.65. The monoisotopic (exact) mass is 433 g/mol. The smallest absolute Gasteiger partial charge is 0.334 e. The molecular weight excluding hydrogens is 414 g/mol. The zero-order valence-corrected chi connectivity index (χ0v) is 16.4. The number of amides is 1. The van der Waals surface area contributed by atoms with Gasteiger partial charge in [-0.3, -0.25) is 9.69 Å². The van der Waals surface area contributed by atoms with Gasteiger partial charge in [-0.1, -0.05) is 0 Å². The van der Waals surface area contributed by atoms with Crippen LogP contribution in [0.2, 0.25) is 0 Å². The van der Waals surface area contributed by atoms with Crippen LogP contribution in [0.1, 0.15) is 29.0 Å². The van der Waals surface area contributed by atoms with E-state index >= 15 is 0 Å². The lowest BCUT2D eigenvalue weighted by molar-refractivity contribution is -0.142. The van der Waals surface area contributed by atoms with E-state index in [2.05, 4.69) is 15.0 Å². The minimum atomic E-state index is -4.71. The highest BCUT2D eigenvalue weighted by Crippen LogP contribution is 2.32. The van der Waals surface area contributed by atoms with Gasteiger partial charge in [-0.25, -0.2) is 13.9 Å². The first-order chi connectivity index (χ1) is 14.8. The van der Waals surface area contributed by atoms with Crippen molar-refractivity contribution in [3.8, 4) is 11.3 Å². The number of piperazine rings is 1. The summed E-state index contributed by atoms with van der Waals surface area (Å²) in [5.74, 6) is -0.894. The minimum Gasteiger partial charge on any atom is -0.334 e. The molecule has 0 saturated carbocycles. The first kappa shape index (κ1) is 19.9. The molecule has 1 aromatic carbocycles. The number of benzene rings is 1. The van der Waals surface area contributed by atoms with Crippen LogP contribution in [0.4, 0.5) is 17.6 Å². The molecular formula is C21H19F4N5O. The summed E-state index contributed by atoms with van der Waals surface area (Å²) < 4.78 is 55.1. The van der Waals surface area contributed by atoms with E-state index in [1.807, 2.05) is 0 Å². The van der Waals surface area contributed by atoms with E-state index in [1.54, 1.807) is 4.90 Å². The Hall–Kier alpha value is -3.01. The molecule has 3 aromatic rings. The Balaban J connectivity index is 1.53. The Bertz CT molecular complexity index is 1140. The zero-order valence-electron chi connectivity index (χ0n) is 16.4. The number of alkyl halides is 3. The summed E-state index contributed by atoms with van der Waals surface area (Å²) in [7, 11) is 0. The van der Waals surface area contributed by atoms with Crippen molar-refractivity contribution in [2.75, 3.05) is 26.2 Å². The lowest BCUT2D eigenvalue weighted by Gasteiger charge is -2.37. The topological polar surface area (TPSA) is 53.7 Å². The molecule has 2 saturated heterocycles. The van der Waals surface area contributed by atoms with Crippen molar-refractivity contribution in [3.05, 3.63) is 53.6 Å². The number of nitrogens with zero attached hydrogens (tertiary/aromatic N) is 5. The van der Waals surface area contributed by atoms with Crippen LogP contribution in [0.25, 0.3) is 16.9 Å². The van der Waals surface area contributed by atoms with Crippen LogP contribution in [0.15, 0.2) is 36.4 Å². The van der Waals surface area contributed by atoms with E-state index < -0.39 is 23.6 Å². The van der Waals surface area contributed by atoms with Crippen molar-refractivity contribution in [2.45, 2.75) is 25.1 Å². The van der Waals surface area contributed by atoms with Gasteiger partial charge in [-0.05, 0) is 49.7 Å². The maximum Gasteiger partial charge on any atom is 0.433 e. The Morgan fingerprint density at radius 2 is 1.84 bits per heavy atom. The summed E-state index contributed by atoms with van der Waals surface area (Å²) in [6.45, 7) is 2.84. The van der Waals surface area contributed by atoms with Crippen molar-refractivity contribution in [1.29, 1.82) is 0 Å². The summed E-state index contributed by atoms with van der Waals surface area (Å²) in [6, 6.07) is 7.47. The van der Waals surface area contributed by atoms with Gasteiger partial charge in [0.2, 0.25) is 0 Å². The molecule has 1 atom stereocenters. The highest BCUT2D eigenvalue weighted by atomic mass is 19.4. The molecule has 2 aliphatic rings. The quantitative estimate of drug-likeness (QED) is 0.581. The molecule has 0 bridgehead atoms. The maximum atomic E-state index is 13.7. The predicted molar refractivity (Wildman–Crippen MR) is 104 cm³/mol. The molecule has 0 unspecified atom stereocenters. The molecule has 5 rings (SSSR count). The molecule has 10 heteroatoms. The molecule has 162 valence electrons. The number of hydrogen-bond donors (Lipinski definition) is 0. The standard InChI is InChI=1S/C21H19F4N5O/c22-14-5-3-13(4-6-14)16-10-18(21(23,24)25)30-19(26-16)11-17(27-30)20(31)29-9-8-28-7-1-2-15(28)12-29/h3-6,10-11,15H,1-2,7-9,12H2/t15-/m0/s1. The fourth-order valence-corrected chi connectivity index (χ4v) is 4.39. The summed E-state index contributed by atoms with van der Waals surface area (Å²) in [6.07, 6.45) is -2.61. The number of hydrogen-bond acceptors (Lipinski definition) is 4. The number of aromatic nitrogens is 3. The van der Waals surface area contributed by atoms with Crippen molar-refractivity contribution >= 4 is 11.6 Å². The van der Waals surface area contributed by atoms with Crippen LogP contribution in [-0.2, 0) is 6.18 Å². The van der Waals surface area contributed by atoms with Crippen molar-refractivity contribution < 1.29 is 22.4 Å². The molecule has 31 heavy (non-hydrogen) atoms. The Morgan fingerprint density at radius 1 is 1.06 bits per heavy atom. The van der Waals surface area contributed by atoms with Gasteiger partial charge in [0.05, 0.1) is 5.69 Å². The molecule has 0 spiro atoms. The second-order valence-corrected chi connectivity index (χ2v) is 7.91. The molecule has 2 fully saturated rings. The molecule has 0 radical (unpaired) electrons. The largest absolute Gasteiger partial charge is 0.433 e. The van der Waals surface area contributed by atoms with E-state index in [9.17, 15) is 22.4 Å². The van der Waals surface area contributed by atoms with Gasteiger partial charge in [-0.15, -0.1) is 0 Å².